The number of hydrogen-bond donors (Lipinski definition) is 0. The fourth-order valence-electron chi connectivity index (χ4n) is 4.51. The second kappa shape index (κ2) is 9.10. The molecule has 0 saturated carbocycles. The average molecular weight is 469 g/mol. The summed E-state index contributed by atoms with van der Waals surface area (Å²) in [6, 6.07) is 20.7. The third kappa shape index (κ3) is 3.95. The van der Waals surface area contributed by atoms with E-state index in [0.29, 0.717) is 40.6 Å². The Morgan fingerprint density at radius 3 is 2.34 bits per heavy atom. The normalized spacial score (nSPS) is 14.7. The van der Waals surface area contributed by atoms with Crippen LogP contribution in [-0.4, -0.2) is 37.5 Å². The molecule has 1 atom stereocenters. The van der Waals surface area contributed by atoms with E-state index in [2.05, 4.69) is 0 Å². The lowest BCUT2D eigenvalue weighted by atomic mass is 9.97. The third-order valence-electron chi connectivity index (χ3n) is 6.32. The molecule has 4 aromatic rings. The van der Waals surface area contributed by atoms with Crippen LogP contribution in [0.25, 0.3) is 11.0 Å². The summed E-state index contributed by atoms with van der Waals surface area (Å²) >= 11 is 0. The molecule has 7 heteroatoms. The van der Waals surface area contributed by atoms with Crippen molar-refractivity contribution in [1.82, 2.24) is 4.90 Å². The van der Waals surface area contributed by atoms with Crippen molar-refractivity contribution in [3.05, 3.63) is 111 Å². The van der Waals surface area contributed by atoms with Crippen LogP contribution in [0.5, 0.6) is 5.75 Å². The Hall–Kier alpha value is -4.39. The van der Waals surface area contributed by atoms with Crippen LogP contribution in [0.2, 0.25) is 0 Å². The summed E-state index contributed by atoms with van der Waals surface area (Å²) in [6.07, 6.45) is 0.578. The molecule has 7 nitrogen and oxygen atoms in total. The Morgan fingerprint density at radius 1 is 0.943 bits per heavy atom. The predicted molar refractivity (Wildman–Crippen MR) is 130 cm³/mol. The largest absolute Gasteiger partial charge is 0.497 e. The number of nitrogens with zero attached hydrogens (tertiary/aromatic N) is 1. The molecular formula is C28H23NO6. The highest BCUT2D eigenvalue weighted by molar-refractivity contribution is 5.99. The number of hydrogen-bond acceptors (Lipinski definition) is 6. The van der Waals surface area contributed by atoms with Crippen molar-refractivity contribution >= 4 is 22.8 Å². The van der Waals surface area contributed by atoms with E-state index >= 15 is 0 Å². The molecule has 0 bridgehead atoms. The SMILES string of the molecule is COC(=O)c1ccc([C@@H]2c3c(oc4ccccc4c3=O)C(=O)N2CCc2ccc(OC)cc2)cc1. The maximum absolute atomic E-state index is 13.5. The van der Waals surface area contributed by atoms with Crippen molar-refractivity contribution in [2.75, 3.05) is 20.8 Å². The van der Waals surface area contributed by atoms with E-state index in [1.807, 2.05) is 24.3 Å². The van der Waals surface area contributed by atoms with E-state index in [0.717, 1.165) is 11.3 Å². The van der Waals surface area contributed by atoms with Gasteiger partial charge in [0.15, 0.2) is 5.43 Å². The molecule has 1 amide bonds. The molecule has 176 valence electrons. The molecular weight excluding hydrogens is 446 g/mol. The zero-order valence-electron chi connectivity index (χ0n) is 19.3. The minimum atomic E-state index is -0.636. The highest BCUT2D eigenvalue weighted by atomic mass is 16.5. The van der Waals surface area contributed by atoms with E-state index in [9.17, 15) is 14.4 Å². The Morgan fingerprint density at radius 2 is 1.66 bits per heavy atom. The second-order valence-corrected chi connectivity index (χ2v) is 8.28. The van der Waals surface area contributed by atoms with Crippen LogP contribution in [0.3, 0.4) is 0 Å². The number of rotatable bonds is 6. The zero-order valence-corrected chi connectivity index (χ0v) is 19.3. The molecule has 5 rings (SSSR count). The first kappa shape index (κ1) is 22.4. The van der Waals surface area contributed by atoms with Gasteiger partial charge in [-0.2, -0.15) is 0 Å². The van der Waals surface area contributed by atoms with E-state index in [-0.39, 0.29) is 17.1 Å². The fourth-order valence-corrected chi connectivity index (χ4v) is 4.51. The Bertz CT molecular complexity index is 1470. The highest BCUT2D eigenvalue weighted by Crippen LogP contribution is 2.38. The summed E-state index contributed by atoms with van der Waals surface area (Å²) in [4.78, 5) is 40.6. The quantitative estimate of drug-likeness (QED) is 0.390. The van der Waals surface area contributed by atoms with Gasteiger partial charge in [0.25, 0.3) is 5.91 Å². The number of benzene rings is 3. The van der Waals surface area contributed by atoms with Crippen LogP contribution >= 0.6 is 0 Å². The van der Waals surface area contributed by atoms with Gasteiger partial charge in [-0.25, -0.2) is 4.79 Å². The van der Waals surface area contributed by atoms with E-state index in [1.165, 1.54) is 7.11 Å². The number of methoxy groups -OCH3 is 2. The summed E-state index contributed by atoms with van der Waals surface area (Å²) in [5.74, 6) is 0.0219. The molecule has 0 unspecified atom stereocenters. The summed E-state index contributed by atoms with van der Waals surface area (Å²) in [5, 5.41) is 0.423. The maximum atomic E-state index is 13.5. The van der Waals surface area contributed by atoms with Crippen molar-refractivity contribution in [2.45, 2.75) is 12.5 Å². The first-order valence-electron chi connectivity index (χ1n) is 11.2. The maximum Gasteiger partial charge on any atom is 0.337 e. The molecule has 0 spiro atoms. The molecule has 1 aliphatic rings. The first-order valence-corrected chi connectivity index (χ1v) is 11.2. The van der Waals surface area contributed by atoms with Crippen LogP contribution in [0.1, 0.15) is 43.6 Å². The van der Waals surface area contributed by atoms with Crippen LogP contribution < -0.4 is 10.2 Å². The van der Waals surface area contributed by atoms with E-state index in [1.54, 1.807) is 60.5 Å². The lowest BCUT2D eigenvalue weighted by Gasteiger charge is -2.25. The highest BCUT2D eigenvalue weighted by Gasteiger charge is 2.42. The van der Waals surface area contributed by atoms with Gasteiger partial charge in [-0.05, 0) is 53.9 Å². The van der Waals surface area contributed by atoms with E-state index in [4.69, 9.17) is 13.9 Å². The van der Waals surface area contributed by atoms with Crippen molar-refractivity contribution in [2.24, 2.45) is 0 Å². The minimum absolute atomic E-state index is 0.0606. The lowest BCUT2D eigenvalue weighted by Crippen LogP contribution is -2.31. The summed E-state index contributed by atoms with van der Waals surface area (Å²) in [7, 11) is 2.93. The van der Waals surface area contributed by atoms with Crippen molar-refractivity contribution < 1.29 is 23.5 Å². The molecule has 0 N–H and O–H groups in total. The van der Waals surface area contributed by atoms with Crippen molar-refractivity contribution in [3.8, 4) is 5.75 Å². The van der Waals surface area contributed by atoms with Gasteiger partial charge in [0, 0.05) is 6.54 Å². The van der Waals surface area contributed by atoms with Gasteiger partial charge in [0.1, 0.15) is 11.3 Å². The van der Waals surface area contributed by atoms with Crippen molar-refractivity contribution in [3.63, 3.8) is 0 Å². The smallest absolute Gasteiger partial charge is 0.337 e. The number of para-hydroxylation sites is 1. The molecule has 1 aromatic heterocycles. The van der Waals surface area contributed by atoms with Crippen LogP contribution in [0.15, 0.2) is 82.0 Å². The summed E-state index contributed by atoms with van der Waals surface area (Å²) in [5.41, 5.74) is 2.58. The molecule has 1 aliphatic heterocycles. The molecule has 3 aromatic carbocycles. The third-order valence-corrected chi connectivity index (χ3v) is 6.32. The number of carbonyl (C=O) groups is 2. The monoisotopic (exact) mass is 469 g/mol. The Kier molecular flexibility index (Phi) is 5.82. The molecule has 2 heterocycles. The molecule has 0 radical (unpaired) electrons. The summed E-state index contributed by atoms with van der Waals surface area (Å²) in [6.45, 7) is 0.370. The average Bonchev–Trinajstić information content (AvgIpc) is 3.19. The Balaban J connectivity index is 1.57. The van der Waals surface area contributed by atoms with Crippen LogP contribution in [-0.2, 0) is 11.2 Å². The van der Waals surface area contributed by atoms with Gasteiger partial charge in [-0.3, -0.25) is 9.59 Å². The first-order chi connectivity index (χ1) is 17.0. The second-order valence-electron chi connectivity index (χ2n) is 8.28. The zero-order chi connectivity index (χ0) is 24.5. The van der Waals surface area contributed by atoms with Crippen LogP contribution in [0, 0.1) is 0 Å². The summed E-state index contributed by atoms with van der Waals surface area (Å²) < 4.78 is 16.0. The number of ether oxygens (including phenoxy) is 2. The Labute approximate surface area is 201 Å². The van der Waals surface area contributed by atoms with Gasteiger partial charge in [0.05, 0.1) is 36.8 Å². The number of esters is 1. The molecule has 0 fully saturated rings. The van der Waals surface area contributed by atoms with Gasteiger partial charge in [0.2, 0.25) is 5.76 Å². The topological polar surface area (TPSA) is 86.0 Å². The van der Waals surface area contributed by atoms with Crippen LogP contribution in [0.4, 0.5) is 0 Å². The standard InChI is InChI=1S/C28H23NO6/c1-33-20-13-7-17(8-14-20)15-16-29-24(18-9-11-19(12-10-18)28(32)34-2)23-25(30)21-5-3-4-6-22(21)35-26(23)27(29)31/h3-14,24H,15-16H2,1-2H3/t24-/m1/s1. The predicted octanol–water partition coefficient (Wildman–Crippen LogP) is 4.38. The number of carbonyl (C=O) groups excluding carboxylic acids is 2. The number of fused-ring (bicyclic) bond motifs is 2. The van der Waals surface area contributed by atoms with E-state index < -0.39 is 12.0 Å². The number of amides is 1. The molecule has 35 heavy (non-hydrogen) atoms. The molecule has 0 aliphatic carbocycles. The van der Waals surface area contributed by atoms with Gasteiger partial charge in [-0.15, -0.1) is 0 Å². The lowest BCUT2D eigenvalue weighted by molar-refractivity contribution is 0.0600. The molecule has 0 saturated heterocycles. The van der Waals surface area contributed by atoms with Crippen molar-refractivity contribution in [1.29, 1.82) is 0 Å². The fraction of sp³-hybridized carbons (Fsp3) is 0.179. The van der Waals surface area contributed by atoms with Gasteiger partial charge >= 0.3 is 5.97 Å². The van der Waals surface area contributed by atoms with Gasteiger partial charge < -0.3 is 18.8 Å². The van der Waals surface area contributed by atoms with Gasteiger partial charge in [-0.1, -0.05) is 36.4 Å². The minimum Gasteiger partial charge on any atom is -0.497 e.